The Morgan fingerprint density at radius 1 is 1.24 bits per heavy atom. The Hall–Kier alpha value is -2.12. The molecule has 1 rings (SSSR count). The van der Waals surface area contributed by atoms with Crippen LogP contribution in [0.2, 0.25) is 0 Å². The van der Waals surface area contributed by atoms with Crippen molar-refractivity contribution in [3.8, 4) is 0 Å². The number of nitrogens with two attached hydrogens (primary N) is 3. The number of carbonyl (C=O) groups excluding carboxylic acids is 1. The summed E-state index contributed by atoms with van der Waals surface area (Å²) in [5.41, 5.74) is 14.7. The number of rotatable bonds is 4. The van der Waals surface area contributed by atoms with E-state index >= 15 is 0 Å². The predicted molar refractivity (Wildman–Crippen MR) is 78.2 cm³/mol. The van der Waals surface area contributed by atoms with E-state index in [2.05, 4.69) is 0 Å². The van der Waals surface area contributed by atoms with Crippen LogP contribution in [0.15, 0.2) is 24.3 Å². The second-order valence-corrected chi connectivity index (χ2v) is 5.78. The van der Waals surface area contributed by atoms with Crippen molar-refractivity contribution in [1.29, 1.82) is 0 Å². The molecule has 0 heterocycles. The predicted octanol–water partition coefficient (Wildman–Crippen LogP) is 0.392. The zero-order valence-electron chi connectivity index (χ0n) is 12.3. The minimum Gasteiger partial charge on any atom is -0.479 e. The molecule has 0 aliphatic carbocycles. The molecule has 7 nitrogen and oxygen atoms in total. The number of carboxylic acid groups (broad SMARTS) is 1. The number of carbonyl (C=O) groups is 2. The maximum Gasteiger partial charge on any atom is 0.340 e. The largest absolute Gasteiger partial charge is 0.479 e. The first-order valence-electron chi connectivity index (χ1n) is 6.36. The van der Waals surface area contributed by atoms with Gasteiger partial charge in [0.2, 0.25) is 5.54 Å². The first-order chi connectivity index (χ1) is 9.50. The summed E-state index contributed by atoms with van der Waals surface area (Å²) in [6, 6.07) is 5.02. The summed E-state index contributed by atoms with van der Waals surface area (Å²) in [6.45, 7) is 4.82. The zero-order valence-corrected chi connectivity index (χ0v) is 12.3. The van der Waals surface area contributed by atoms with E-state index in [1.165, 1.54) is 6.07 Å². The molecule has 0 spiro atoms. The van der Waals surface area contributed by atoms with Crippen molar-refractivity contribution < 1.29 is 19.4 Å². The van der Waals surface area contributed by atoms with Crippen molar-refractivity contribution in [1.82, 2.24) is 0 Å². The minimum absolute atomic E-state index is 0.254. The van der Waals surface area contributed by atoms with Crippen LogP contribution in [0.5, 0.6) is 0 Å². The van der Waals surface area contributed by atoms with Crippen molar-refractivity contribution in [2.45, 2.75) is 38.0 Å². The van der Waals surface area contributed by atoms with Gasteiger partial charge >= 0.3 is 11.9 Å². The first-order valence-corrected chi connectivity index (χ1v) is 6.36. The molecule has 0 aromatic heterocycles. The number of carboxylic acids is 1. The zero-order chi connectivity index (χ0) is 16.4. The smallest absolute Gasteiger partial charge is 0.340 e. The Kier molecular flexibility index (Phi) is 4.60. The maximum atomic E-state index is 12.2. The van der Waals surface area contributed by atoms with Gasteiger partial charge in [-0.3, -0.25) is 0 Å². The normalized spacial score (nSPS) is 15.9. The standard InChI is InChI=1S/C14H21N3O4/c1-13(2,3)21-12(20)14(17,11(18)19)10(16)8-6-4-5-7-9(8)15/h4-7,10H,15-17H2,1-3H3,(H,18,19). The van der Waals surface area contributed by atoms with Crippen LogP contribution in [0.3, 0.4) is 0 Å². The molecule has 2 atom stereocenters. The van der Waals surface area contributed by atoms with Crippen molar-refractivity contribution in [2.24, 2.45) is 11.5 Å². The van der Waals surface area contributed by atoms with Crippen LogP contribution < -0.4 is 17.2 Å². The summed E-state index contributed by atoms with van der Waals surface area (Å²) in [7, 11) is 0. The minimum atomic E-state index is -2.43. The van der Waals surface area contributed by atoms with E-state index in [1.54, 1.807) is 39.0 Å². The third kappa shape index (κ3) is 3.50. The number of hydrogen-bond donors (Lipinski definition) is 4. The Balaban J connectivity index is 3.25. The second-order valence-electron chi connectivity index (χ2n) is 5.78. The van der Waals surface area contributed by atoms with Crippen LogP contribution in [0.1, 0.15) is 32.4 Å². The number of nitrogen functional groups attached to an aromatic ring is 1. The molecule has 1 aromatic carbocycles. The van der Waals surface area contributed by atoms with Crippen molar-refractivity contribution in [3.05, 3.63) is 29.8 Å². The molecule has 2 unspecified atom stereocenters. The fraction of sp³-hybridized carbons (Fsp3) is 0.429. The molecule has 7 heteroatoms. The van der Waals surface area contributed by atoms with E-state index in [9.17, 15) is 14.7 Å². The molecule has 0 fully saturated rings. The lowest BCUT2D eigenvalue weighted by molar-refractivity contribution is -0.170. The Morgan fingerprint density at radius 2 is 1.76 bits per heavy atom. The molecule has 0 bridgehead atoms. The summed E-state index contributed by atoms with van der Waals surface area (Å²) in [5, 5.41) is 9.38. The molecule has 1 aromatic rings. The Bertz CT molecular complexity index is 553. The molecular formula is C14H21N3O4. The molecule has 0 aliphatic heterocycles. The van der Waals surface area contributed by atoms with E-state index in [0.717, 1.165) is 0 Å². The highest BCUT2D eigenvalue weighted by atomic mass is 16.6. The van der Waals surface area contributed by atoms with Gasteiger partial charge in [0.15, 0.2) is 0 Å². The van der Waals surface area contributed by atoms with E-state index in [1.807, 2.05) is 0 Å². The van der Waals surface area contributed by atoms with Gasteiger partial charge in [0.05, 0.1) is 6.04 Å². The SMILES string of the molecule is CC(C)(C)OC(=O)C(N)(C(=O)O)C(N)c1ccccc1N. The second kappa shape index (κ2) is 5.71. The molecule has 21 heavy (non-hydrogen) atoms. The van der Waals surface area contributed by atoms with Gasteiger partial charge in [-0.25, -0.2) is 9.59 Å². The Morgan fingerprint density at radius 3 is 2.19 bits per heavy atom. The van der Waals surface area contributed by atoms with E-state index in [0.29, 0.717) is 0 Å². The number of aliphatic carboxylic acids is 1. The van der Waals surface area contributed by atoms with Crippen LogP contribution in [0.25, 0.3) is 0 Å². The van der Waals surface area contributed by atoms with Gasteiger partial charge in [-0.2, -0.15) is 0 Å². The van der Waals surface area contributed by atoms with Gasteiger partial charge in [0.25, 0.3) is 0 Å². The maximum absolute atomic E-state index is 12.2. The lowest BCUT2D eigenvalue weighted by atomic mass is 9.85. The molecule has 0 saturated carbocycles. The molecular weight excluding hydrogens is 274 g/mol. The molecule has 0 aliphatic rings. The fourth-order valence-corrected chi connectivity index (χ4v) is 1.75. The first kappa shape index (κ1) is 16.9. The molecule has 116 valence electrons. The highest BCUT2D eigenvalue weighted by molar-refractivity contribution is 6.05. The number of para-hydroxylation sites is 1. The summed E-state index contributed by atoms with van der Waals surface area (Å²) in [4.78, 5) is 23.7. The van der Waals surface area contributed by atoms with Crippen molar-refractivity contribution in [3.63, 3.8) is 0 Å². The fourth-order valence-electron chi connectivity index (χ4n) is 1.75. The highest BCUT2D eigenvalue weighted by Gasteiger charge is 2.51. The number of hydrogen-bond acceptors (Lipinski definition) is 6. The van der Waals surface area contributed by atoms with E-state index < -0.39 is 29.1 Å². The highest BCUT2D eigenvalue weighted by Crippen LogP contribution is 2.28. The lowest BCUT2D eigenvalue weighted by Gasteiger charge is -2.32. The van der Waals surface area contributed by atoms with Gasteiger partial charge in [0, 0.05) is 5.69 Å². The number of benzene rings is 1. The van der Waals surface area contributed by atoms with Crippen molar-refractivity contribution >= 4 is 17.6 Å². The van der Waals surface area contributed by atoms with Gasteiger partial charge in [-0.1, -0.05) is 18.2 Å². The molecule has 0 radical (unpaired) electrons. The molecule has 7 N–H and O–H groups in total. The molecule has 0 amide bonds. The van der Waals surface area contributed by atoms with E-state index in [4.69, 9.17) is 21.9 Å². The van der Waals surface area contributed by atoms with Gasteiger partial charge in [-0.05, 0) is 32.4 Å². The third-order valence-electron chi connectivity index (χ3n) is 2.91. The summed E-state index contributed by atoms with van der Waals surface area (Å²) in [5.74, 6) is -2.69. The number of esters is 1. The van der Waals surface area contributed by atoms with Crippen LogP contribution in [0.4, 0.5) is 5.69 Å². The number of anilines is 1. The summed E-state index contributed by atoms with van der Waals surface area (Å²) >= 11 is 0. The van der Waals surface area contributed by atoms with Gasteiger partial charge < -0.3 is 27.0 Å². The summed E-state index contributed by atoms with van der Waals surface area (Å²) in [6.07, 6.45) is 0. The van der Waals surface area contributed by atoms with Crippen LogP contribution in [0, 0.1) is 0 Å². The number of ether oxygens (including phenoxy) is 1. The summed E-state index contributed by atoms with van der Waals surface area (Å²) < 4.78 is 5.08. The van der Waals surface area contributed by atoms with E-state index in [-0.39, 0.29) is 11.3 Å². The van der Waals surface area contributed by atoms with Gasteiger partial charge in [-0.15, -0.1) is 0 Å². The Labute approximate surface area is 123 Å². The van der Waals surface area contributed by atoms with Crippen LogP contribution in [-0.4, -0.2) is 28.2 Å². The topological polar surface area (TPSA) is 142 Å². The lowest BCUT2D eigenvalue weighted by Crippen LogP contribution is -2.63. The van der Waals surface area contributed by atoms with Crippen LogP contribution in [-0.2, 0) is 14.3 Å². The third-order valence-corrected chi connectivity index (χ3v) is 2.91. The van der Waals surface area contributed by atoms with Gasteiger partial charge in [0.1, 0.15) is 5.60 Å². The van der Waals surface area contributed by atoms with Crippen molar-refractivity contribution in [2.75, 3.05) is 5.73 Å². The monoisotopic (exact) mass is 295 g/mol. The average molecular weight is 295 g/mol. The molecule has 0 saturated heterocycles. The quantitative estimate of drug-likeness (QED) is 0.357. The van der Waals surface area contributed by atoms with Crippen LogP contribution >= 0.6 is 0 Å². The average Bonchev–Trinajstić information content (AvgIpc) is 2.35.